The van der Waals surface area contributed by atoms with Gasteiger partial charge in [0.1, 0.15) is 11.5 Å². The molecule has 2 atom stereocenters. The van der Waals surface area contributed by atoms with E-state index < -0.39 is 11.6 Å². The highest BCUT2D eigenvalue weighted by molar-refractivity contribution is 6.30. The van der Waals surface area contributed by atoms with Gasteiger partial charge in [0, 0.05) is 36.6 Å². The molecule has 0 aliphatic carbocycles. The van der Waals surface area contributed by atoms with Crippen molar-refractivity contribution >= 4 is 29.5 Å². The molecule has 4 aromatic carbocycles. The van der Waals surface area contributed by atoms with E-state index in [1.165, 1.54) is 0 Å². The normalized spacial score (nSPS) is 17.5. The largest absolute Gasteiger partial charge is 0.497 e. The number of hydrogen-bond donors (Lipinski definition) is 2. The summed E-state index contributed by atoms with van der Waals surface area (Å²) in [6, 6.07) is 32.5. The van der Waals surface area contributed by atoms with Gasteiger partial charge in [-0.05, 0) is 71.6 Å². The summed E-state index contributed by atoms with van der Waals surface area (Å²) in [5.41, 5.74) is 2.28. The first-order chi connectivity index (χ1) is 22.0. The van der Waals surface area contributed by atoms with Crippen LogP contribution in [0.3, 0.4) is 0 Å². The van der Waals surface area contributed by atoms with E-state index in [1.807, 2.05) is 115 Å². The number of halogens is 1. The fourth-order valence-corrected chi connectivity index (χ4v) is 5.31. The highest BCUT2D eigenvalue weighted by Crippen LogP contribution is 2.43. The second-order valence-electron chi connectivity index (χ2n) is 10.7. The summed E-state index contributed by atoms with van der Waals surface area (Å²) in [4.78, 5) is 19.4. The van der Waals surface area contributed by atoms with E-state index in [1.54, 1.807) is 7.11 Å². The number of carbonyl (C=O) groups is 1. The topological polar surface area (TPSA) is 89.4 Å². The van der Waals surface area contributed by atoms with Crippen molar-refractivity contribution in [3.63, 3.8) is 0 Å². The van der Waals surface area contributed by atoms with Gasteiger partial charge >= 0.3 is 0 Å². The summed E-state index contributed by atoms with van der Waals surface area (Å²) < 4.78 is 17.8. The van der Waals surface area contributed by atoms with E-state index in [-0.39, 0.29) is 12.5 Å². The molecule has 0 bridgehead atoms. The van der Waals surface area contributed by atoms with Crippen LogP contribution in [0.5, 0.6) is 11.5 Å². The third-order valence-corrected chi connectivity index (χ3v) is 7.83. The molecule has 7 nitrogen and oxygen atoms in total. The maximum atomic E-state index is 14.3. The van der Waals surface area contributed by atoms with E-state index in [9.17, 15) is 4.79 Å². The number of aliphatic imine (C=N–C) groups is 1. The Bertz CT molecular complexity index is 1610. The molecule has 232 valence electrons. The average Bonchev–Trinajstić information content (AvgIpc) is 3.47. The van der Waals surface area contributed by atoms with Crippen LogP contribution in [0, 0.1) is 0 Å². The van der Waals surface area contributed by atoms with Gasteiger partial charge in [-0.15, -0.1) is 0 Å². The van der Waals surface area contributed by atoms with Crippen molar-refractivity contribution in [3.8, 4) is 11.5 Å². The zero-order chi connectivity index (χ0) is 31.5. The Morgan fingerprint density at radius 2 is 1.78 bits per heavy atom. The van der Waals surface area contributed by atoms with Crippen molar-refractivity contribution in [2.75, 3.05) is 26.9 Å². The number of ether oxygens (including phenoxy) is 3. The Morgan fingerprint density at radius 3 is 2.51 bits per heavy atom. The van der Waals surface area contributed by atoms with Gasteiger partial charge in [-0.25, -0.2) is 4.99 Å². The molecule has 1 heterocycles. The number of methoxy groups -OCH3 is 1. The van der Waals surface area contributed by atoms with E-state index in [4.69, 9.17) is 35.9 Å². The van der Waals surface area contributed by atoms with Crippen LogP contribution >= 0.6 is 11.6 Å². The van der Waals surface area contributed by atoms with Gasteiger partial charge in [0.05, 0.1) is 13.7 Å². The molecule has 0 spiro atoms. The molecule has 1 aliphatic rings. The van der Waals surface area contributed by atoms with Crippen molar-refractivity contribution in [2.24, 2.45) is 4.99 Å². The van der Waals surface area contributed by atoms with Crippen LogP contribution in [0.4, 0.5) is 0 Å². The third kappa shape index (κ3) is 8.12. The second kappa shape index (κ2) is 15.4. The fourth-order valence-electron chi connectivity index (χ4n) is 5.18. The molecule has 0 unspecified atom stereocenters. The van der Waals surface area contributed by atoms with Crippen molar-refractivity contribution in [1.29, 1.82) is 0 Å². The molecule has 4 aromatic rings. The Labute approximate surface area is 269 Å². The number of nitrogens with zero attached hydrogens (tertiary/aromatic N) is 1. The SMILES string of the molecule is COc1cccc([C@H]2OC(c3ccc(OCCCO)cc3)=N[C@@]2(C/C=C/c2ccccc2)C(=O)NCCc2ccc(Cl)cc2)c1. The van der Waals surface area contributed by atoms with Gasteiger partial charge in [0.25, 0.3) is 5.91 Å². The van der Waals surface area contributed by atoms with E-state index in [0.29, 0.717) is 54.8 Å². The minimum Gasteiger partial charge on any atom is -0.497 e. The number of carbonyl (C=O) groups excluding carboxylic acids is 1. The second-order valence-corrected chi connectivity index (χ2v) is 11.2. The Morgan fingerprint density at radius 1 is 1.00 bits per heavy atom. The van der Waals surface area contributed by atoms with Crippen LogP contribution in [0.2, 0.25) is 5.02 Å². The van der Waals surface area contributed by atoms with Crippen molar-refractivity contribution in [3.05, 3.63) is 136 Å². The van der Waals surface area contributed by atoms with Crippen LogP contribution in [-0.2, 0) is 16.0 Å². The maximum absolute atomic E-state index is 14.3. The molecule has 1 amide bonds. The van der Waals surface area contributed by atoms with Gasteiger partial charge in [-0.3, -0.25) is 4.79 Å². The van der Waals surface area contributed by atoms with E-state index in [2.05, 4.69) is 5.32 Å². The summed E-state index contributed by atoms with van der Waals surface area (Å²) in [5.74, 6) is 1.46. The highest BCUT2D eigenvalue weighted by atomic mass is 35.5. The zero-order valence-corrected chi connectivity index (χ0v) is 26.0. The number of aliphatic hydroxyl groups excluding tert-OH is 1. The summed E-state index contributed by atoms with van der Waals surface area (Å²) in [7, 11) is 1.61. The molecular weight excluding hydrogens is 588 g/mol. The number of rotatable bonds is 14. The Balaban J connectivity index is 1.50. The smallest absolute Gasteiger partial charge is 0.252 e. The van der Waals surface area contributed by atoms with E-state index >= 15 is 0 Å². The first-order valence-electron chi connectivity index (χ1n) is 15.0. The predicted molar refractivity (Wildman–Crippen MR) is 178 cm³/mol. The van der Waals surface area contributed by atoms with Crippen LogP contribution in [0.1, 0.15) is 41.2 Å². The standard InChI is InChI=1S/C37H37ClN2O5/c1-43-33-12-5-11-30(26-33)34-37(22-6-10-27-8-3-2-4-9-27,36(42)39-23-21-28-13-17-31(38)18-14-28)40-35(45-34)29-15-19-32(20-16-29)44-25-7-24-41/h2-6,8-20,26,34,41H,7,21-25H2,1H3,(H,39,42)/b10-6+/t34-,37-/m1/s1. The van der Waals surface area contributed by atoms with Crippen LogP contribution in [-0.4, -0.2) is 49.3 Å². The van der Waals surface area contributed by atoms with Gasteiger partial charge < -0.3 is 24.6 Å². The van der Waals surface area contributed by atoms with Gasteiger partial charge in [0.15, 0.2) is 11.6 Å². The molecule has 45 heavy (non-hydrogen) atoms. The average molecular weight is 625 g/mol. The number of hydrogen-bond acceptors (Lipinski definition) is 6. The van der Waals surface area contributed by atoms with E-state index in [0.717, 1.165) is 22.3 Å². The highest BCUT2D eigenvalue weighted by Gasteiger charge is 2.52. The zero-order valence-electron chi connectivity index (χ0n) is 25.2. The molecule has 0 saturated carbocycles. The molecule has 5 rings (SSSR count). The van der Waals surface area contributed by atoms with Crippen molar-refractivity contribution in [1.82, 2.24) is 5.32 Å². The predicted octanol–water partition coefficient (Wildman–Crippen LogP) is 6.83. The molecule has 0 aromatic heterocycles. The number of amides is 1. The first kappa shape index (κ1) is 31.8. The molecule has 1 aliphatic heterocycles. The number of benzene rings is 4. The Hall–Kier alpha value is -4.59. The fraction of sp³-hybridized carbons (Fsp3) is 0.243. The quantitative estimate of drug-likeness (QED) is 0.150. The molecule has 2 N–H and O–H groups in total. The summed E-state index contributed by atoms with van der Waals surface area (Å²) >= 11 is 6.06. The Kier molecular flexibility index (Phi) is 10.9. The first-order valence-corrected chi connectivity index (χ1v) is 15.4. The summed E-state index contributed by atoms with van der Waals surface area (Å²) in [5, 5.41) is 12.9. The molecule has 8 heteroatoms. The van der Waals surface area contributed by atoms with Crippen molar-refractivity contribution in [2.45, 2.75) is 30.9 Å². The molecule has 0 fully saturated rings. The molecular formula is C37H37ClN2O5. The van der Waals surface area contributed by atoms with Crippen LogP contribution < -0.4 is 14.8 Å². The monoisotopic (exact) mass is 624 g/mol. The van der Waals surface area contributed by atoms with Gasteiger partial charge in [-0.1, -0.05) is 78.4 Å². The van der Waals surface area contributed by atoms with Gasteiger partial charge in [-0.2, -0.15) is 0 Å². The molecule has 0 saturated heterocycles. The lowest BCUT2D eigenvalue weighted by molar-refractivity contribution is -0.128. The minimum atomic E-state index is -1.30. The number of aliphatic hydroxyl groups is 1. The number of nitrogens with one attached hydrogen (secondary N) is 1. The minimum absolute atomic E-state index is 0.0664. The summed E-state index contributed by atoms with van der Waals surface area (Å²) in [6.45, 7) is 0.898. The summed E-state index contributed by atoms with van der Waals surface area (Å²) in [6.07, 6.45) is 4.73. The molecule has 0 radical (unpaired) electrons. The lowest BCUT2D eigenvalue weighted by Gasteiger charge is -2.30. The lowest BCUT2D eigenvalue weighted by atomic mass is 9.84. The van der Waals surface area contributed by atoms with Crippen LogP contribution in [0.15, 0.2) is 114 Å². The van der Waals surface area contributed by atoms with Crippen LogP contribution in [0.25, 0.3) is 6.08 Å². The van der Waals surface area contributed by atoms with Gasteiger partial charge in [0.2, 0.25) is 5.90 Å². The third-order valence-electron chi connectivity index (χ3n) is 7.58. The maximum Gasteiger partial charge on any atom is 0.252 e. The lowest BCUT2D eigenvalue weighted by Crippen LogP contribution is -2.48. The van der Waals surface area contributed by atoms with Crippen molar-refractivity contribution < 1.29 is 24.1 Å².